The summed E-state index contributed by atoms with van der Waals surface area (Å²) in [6.07, 6.45) is -1.40. The fourth-order valence-corrected chi connectivity index (χ4v) is 3.53. The minimum Gasteiger partial charge on any atom is -0.381 e. The van der Waals surface area contributed by atoms with Crippen molar-refractivity contribution < 1.29 is 27.0 Å². The van der Waals surface area contributed by atoms with E-state index in [1.807, 2.05) is 0 Å². The molecule has 1 aromatic rings. The van der Waals surface area contributed by atoms with Crippen molar-refractivity contribution in [2.45, 2.75) is 50.0 Å². The Morgan fingerprint density at radius 2 is 1.92 bits per heavy atom. The molecule has 134 valence electrons. The molecule has 3 nitrogen and oxygen atoms in total. The third-order valence-corrected chi connectivity index (χ3v) is 4.85. The maximum absolute atomic E-state index is 13.4. The smallest absolute Gasteiger partial charge is 0.381 e. The summed E-state index contributed by atoms with van der Waals surface area (Å²) in [5.74, 6) is -0.660. The van der Waals surface area contributed by atoms with Crippen LogP contribution in [0.4, 0.5) is 17.6 Å². The molecule has 0 bridgehead atoms. The van der Waals surface area contributed by atoms with E-state index in [-0.39, 0.29) is 23.8 Å². The van der Waals surface area contributed by atoms with Gasteiger partial charge in [-0.2, -0.15) is 13.2 Å². The first-order valence-electron chi connectivity index (χ1n) is 8.19. The van der Waals surface area contributed by atoms with Crippen molar-refractivity contribution in [3.63, 3.8) is 0 Å². The van der Waals surface area contributed by atoms with Crippen molar-refractivity contribution in [3.05, 3.63) is 35.1 Å². The predicted octanol–water partition coefficient (Wildman–Crippen LogP) is 3.66. The van der Waals surface area contributed by atoms with E-state index in [9.17, 15) is 17.6 Å². The van der Waals surface area contributed by atoms with Crippen LogP contribution in [0.1, 0.15) is 36.8 Å². The van der Waals surface area contributed by atoms with Crippen molar-refractivity contribution in [1.29, 1.82) is 0 Å². The van der Waals surface area contributed by atoms with Gasteiger partial charge in [0.25, 0.3) is 0 Å². The van der Waals surface area contributed by atoms with Crippen molar-refractivity contribution in [2.24, 2.45) is 0 Å². The highest BCUT2D eigenvalue weighted by Crippen LogP contribution is 2.35. The molecule has 3 rings (SSSR count). The summed E-state index contributed by atoms with van der Waals surface area (Å²) >= 11 is 0. The second-order valence-electron chi connectivity index (χ2n) is 6.51. The molecule has 1 N–H and O–H groups in total. The second-order valence-corrected chi connectivity index (χ2v) is 6.51. The summed E-state index contributed by atoms with van der Waals surface area (Å²) in [4.78, 5) is 0. The zero-order valence-corrected chi connectivity index (χ0v) is 13.3. The van der Waals surface area contributed by atoms with Gasteiger partial charge in [0.15, 0.2) is 0 Å². The summed E-state index contributed by atoms with van der Waals surface area (Å²) in [5.41, 5.74) is -1.08. The summed E-state index contributed by atoms with van der Waals surface area (Å²) in [6, 6.07) is 2.66. The number of hydrogen-bond acceptors (Lipinski definition) is 3. The van der Waals surface area contributed by atoms with Gasteiger partial charge in [0, 0.05) is 32.4 Å². The molecular formula is C17H21F4NO2. The minimum atomic E-state index is -4.48. The van der Waals surface area contributed by atoms with Crippen molar-refractivity contribution in [1.82, 2.24) is 5.32 Å². The minimum absolute atomic E-state index is 0.0101. The monoisotopic (exact) mass is 347 g/mol. The van der Waals surface area contributed by atoms with Gasteiger partial charge >= 0.3 is 6.18 Å². The van der Waals surface area contributed by atoms with Crippen molar-refractivity contribution >= 4 is 0 Å². The Morgan fingerprint density at radius 1 is 1.17 bits per heavy atom. The first-order valence-corrected chi connectivity index (χ1v) is 8.19. The summed E-state index contributed by atoms with van der Waals surface area (Å²) in [7, 11) is 0. The molecule has 0 aliphatic carbocycles. The number of halogens is 4. The van der Waals surface area contributed by atoms with Gasteiger partial charge in [0.05, 0.1) is 11.2 Å². The Kier molecular flexibility index (Phi) is 5.13. The highest BCUT2D eigenvalue weighted by Gasteiger charge is 2.39. The molecule has 2 aliphatic heterocycles. The molecule has 1 aromatic carbocycles. The molecule has 24 heavy (non-hydrogen) atoms. The number of benzene rings is 1. The lowest BCUT2D eigenvalue weighted by Gasteiger charge is -2.43. The summed E-state index contributed by atoms with van der Waals surface area (Å²) < 4.78 is 63.8. The van der Waals surface area contributed by atoms with E-state index in [4.69, 9.17) is 9.47 Å². The van der Waals surface area contributed by atoms with E-state index >= 15 is 0 Å². The Balaban J connectivity index is 1.66. The molecule has 0 saturated carbocycles. The van der Waals surface area contributed by atoms with E-state index < -0.39 is 17.6 Å². The zero-order valence-electron chi connectivity index (χ0n) is 13.3. The van der Waals surface area contributed by atoms with Gasteiger partial charge in [-0.1, -0.05) is 0 Å². The summed E-state index contributed by atoms with van der Waals surface area (Å²) in [5, 5.41) is 3.16. The first kappa shape index (κ1) is 17.6. The molecule has 1 atom stereocenters. The Labute approximate surface area is 138 Å². The van der Waals surface area contributed by atoms with Crippen LogP contribution in [-0.4, -0.2) is 31.5 Å². The molecule has 2 aliphatic rings. The van der Waals surface area contributed by atoms with Crippen molar-refractivity contribution in [3.8, 4) is 0 Å². The average Bonchev–Trinajstić information content (AvgIpc) is 2.53. The molecule has 2 fully saturated rings. The van der Waals surface area contributed by atoms with Gasteiger partial charge in [-0.05, 0) is 49.4 Å². The van der Waals surface area contributed by atoms with Gasteiger partial charge in [0.2, 0.25) is 0 Å². The van der Waals surface area contributed by atoms with E-state index in [1.54, 1.807) is 0 Å². The third-order valence-electron chi connectivity index (χ3n) is 4.85. The van der Waals surface area contributed by atoms with Crippen LogP contribution in [0.25, 0.3) is 0 Å². The predicted molar refractivity (Wildman–Crippen MR) is 80.0 cm³/mol. The Bertz CT molecular complexity index is 565. The van der Waals surface area contributed by atoms with E-state index in [1.165, 1.54) is 0 Å². The highest BCUT2D eigenvalue weighted by atomic mass is 19.4. The van der Waals surface area contributed by atoms with Gasteiger partial charge in [0.1, 0.15) is 5.82 Å². The lowest BCUT2D eigenvalue weighted by molar-refractivity contribution is -0.141. The number of hydrogen-bond donors (Lipinski definition) is 1. The highest BCUT2D eigenvalue weighted by molar-refractivity contribution is 5.30. The maximum Gasteiger partial charge on any atom is 0.416 e. The lowest BCUT2D eigenvalue weighted by atomic mass is 9.84. The topological polar surface area (TPSA) is 30.5 Å². The van der Waals surface area contributed by atoms with E-state index in [0.717, 1.165) is 43.9 Å². The first-order chi connectivity index (χ1) is 11.4. The second kappa shape index (κ2) is 6.98. The van der Waals surface area contributed by atoms with E-state index in [2.05, 4.69) is 5.32 Å². The standard InChI is InChI=1S/C17H21F4NO2/c18-13-1-2-15(17(19,20)21)12(9-13)11-22-14-3-6-24-16(10-14)4-7-23-8-5-16/h1-2,9,14,22H,3-8,10-11H2. The quantitative estimate of drug-likeness (QED) is 0.847. The average molecular weight is 347 g/mol. The lowest BCUT2D eigenvalue weighted by Crippen LogP contribution is -2.49. The number of alkyl halides is 3. The van der Waals surface area contributed by atoms with Gasteiger partial charge in [-0.3, -0.25) is 0 Å². The molecule has 0 amide bonds. The number of rotatable bonds is 3. The fourth-order valence-electron chi connectivity index (χ4n) is 3.53. The van der Waals surface area contributed by atoms with Crippen LogP contribution in [-0.2, 0) is 22.2 Å². The van der Waals surface area contributed by atoms with Gasteiger partial charge in [-0.25, -0.2) is 4.39 Å². The maximum atomic E-state index is 13.4. The summed E-state index contributed by atoms with van der Waals surface area (Å²) in [6.45, 7) is 1.86. The largest absolute Gasteiger partial charge is 0.416 e. The van der Waals surface area contributed by atoms with Crippen LogP contribution in [0.2, 0.25) is 0 Å². The van der Waals surface area contributed by atoms with Crippen LogP contribution in [0.3, 0.4) is 0 Å². The Hall–Kier alpha value is -1.18. The molecule has 1 unspecified atom stereocenters. The fraction of sp³-hybridized carbons (Fsp3) is 0.647. The van der Waals surface area contributed by atoms with Gasteiger partial charge in [-0.15, -0.1) is 0 Å². The van der Waals surface area contributed by atoms with Crippen LogP contribution >= 0.6 is 0 Å². The molecule has 2 saturated heterocycles. The number of ether oxygens (including phenoxy) is 2. The van der Waals surface area contributed by atoms with Crippen molar-refractivity contribution in [2.75, 3.05) is 19.8 Å². The van der Waals surface area contributed by atoms with Gasteiger partial charge < -0.3 is 14.8 Å². The van der Waals surface area contributed by atoms with Crippen LogP contribution in [0.5, 0.6) is 0 Å². The SMILES string of the molecule is Fc1ccc(C(F)(F)F)c(CNC2CCOC3(CCOCC3)C2)c1. The molecule has 0 aromatic heterocycles. The van der Waals surface area contributed by atoms with Crippen LogP contribution in [0, 0.1) is 5.82 Å². The molecule has 7 heteroatoms. The molecule has 1 spiro atoms. The molecule has 2 heterocycles. The number of nitrogens with one attached hydrogen (secondary N) is 1. The molecule has 0 radical (unpaired) electrons. The van der Waals surface area contributed by atoms with Crippen LogP contribution < -0.4 is 5.32 Å². The normalized spacial score (nSPS) is 24.2. The molecular weight excluding hydrogens is 326 g/mol. The van der Waals surface area contributed by atoms with E-state index in [0.29, 0.717) is 19.8 Å². The Morgan fingerprint density at radius 3 is 2.62 bits per heavy atom. The zero-order chi connectivity index (χ0) is 17.2. The van der Waals surface area contributed by atoms with Crippen LogP contribution in [0.15, 0.2) is 18.2 Å². The third kappa shape index (κ3) is 4.07.